The normalized spacial score (nSPS) is 9.23. The predicted molar refractivity (Wildman–Crippen MR) is 107 cm³/mol. The lowest BCUT2D eigenvalue weighted by molar-refractivity contribution is 0.379. The van der Waals surface area contributed by atoms with Gasteiger partial charge in [-0.2, -0.15) is 0 Å². The molecule has 0 aliphatic rings. The Labute approximate surface area is 144 Å². The molecule has 0 amide bonds. The van der Waals surface area contributed by atoms with Gasteiger partial charge in [-0.1, -0.05) is 55.5 Å². The van der Waals surface area contributed by atoms with E-state index in [4.69, 9.17) is 0 Å². The zero-order valence-corrected chi connectivity index (χ0v) is 15.0. The Bertz CT molecular complexity index is 416. The van der Waals surface area contributed by atoms with Crippen molar-refractivity contribution >= 4 is 11.3 Å². The molecule has 0 aliphatic heterocycles. The monoisotopic (exact) mass is 325 g/mol. The van der Waals surface area contributed by atoms with Crippen molar-refractivity contribution in [3.63, 3.8) is 0 Å². The van der Waals surface area contributed by atoms with Crippen LogP contribution in [0.1, 0.15) is 72.2 Å². The van der Waals surface area contributed by atoms with Crippen LogP contribution in [0, 0.1) is 19.3 Å². The van der Waals surface area contributed by atoms with Gasteiger partial charge >= 0.3 is 0 Å². The predicted octanol–water partition coefficient (Wildman–Crippen LogP) is 7.66. The molecule has 1 N–H and O–H groups in total. The highest BCUT2D eigenvalue weighted by molar-refractivity contribution is 7.09. The summed E-state index contributed by atoms with van der Waals surface area (Å²) in [6.45, 7) is 15.0. The highest BCUT2D eigenvalue weighted by Crippen LogP contribution is 2.22. The number of H-pyrrole nitrogens is 1. The molecular formula is C20H39NS. The lowest BCUT2D eigenvalue weighted by atomic mass is 9.90. The second-order valence-electron chi connectivity index (χ2n) is 5.96. The van der Waals surface area contributed by atoms with Crippen LogP contribution in [0.2, 0.25) is 0 Å². The van der Waals surface area contributed by atoms with Crippen molar-refractivity contribution in [2.45, 2.75) is 76.2 Å². The minimum absolute atomic E-state index is 0. The van der Waals surface area contributed by atoms with E-state index in [0.717, 1.165) is 0 Å². The molecule has 0 saturated carbocycles. The summed E-state index contributed by atoms with van der Waals surface area (Å²) in [4.78, 5) is 4.65. The quantitative estimate of drug-likeness (QED) is 0.583. The molecule has 0 unspecified atom stereocenters. The molecule has 130 valence electrons. The number of hydrogen-bond acceptors (Lipinski definition) is 1. The molecule has 2 aromatic heterocycles. The molecule has 2 heteroatoms. The molecule has 2 heterocycles. The SMILES string of the molecule is C.C.CC.CC(C)(C)CCc1cccs1.Cc1ccc(C)[nH]1. The summed E-state index contributed by atoms with van der Waals surface area (Å²) in [6, 6.07) is 8.48. The summed E-state index contributed by atoms with van der Waals surface area (Å²) in [7, 11) is 0. The van der Waals surface area contributed by atoms with E-state index < -0.39 is 0 Å². The first-order valence-electron chi connectivity index (χ1n) is 7.51. The van der Waals surface area contributed by atoms with Crippen molar-refractivity contribution in [3.05, 3.63) is 45.9 Å². The molecule has 2 aromatic rings. The van der Waals surface area contributed by atoms with Gasteiger partial charge in [-0.15, -0.1) is 11.3 Å². The Balaban J connectivity index is -0.000000288. The van der Waals surface area contributed by atoms with Gasteiger partial charge in [-0.25, -0.2) is 0 Å². The van der Waals surface area contributed by atoms with Crippen LogP contribution < -0.4 is 0 Å². The van der Waals surface area contributed by atoms with Crippen LogP contribution in [0.5, 0.6) is 0 Å². The van der Waals surface area contributed by atoms with Gasteiger partial charge in [-0.05, 0) is 55.7 Å². The molecule has 0 fully saturated rings. The highest BCUT2D eigenvalue weighted by Gasteiger charge is 2.09. The van der Waals surface area contributed by atoms with Gasteiger partial charge in [0.25, 0.3) is 0 Å². The summed E-state index contributed by atoms with van der Waals surface area (Å²) >= 11 is 1.86. The topological polar surface area (TPSA) is 15.8 Å². The number of rotatable bonds is 2. The van der Waals surface area contributed by atoms with E-state index in [2.05, 4.69) is 55.4 Å². The van der Waals surface area contributed by atoms with Crippen LogP contribution in [-0.2, 0) is 6.42 Å². The maximum atomic E-state index is 3.14. The molecule has 0 aromatic carbocycles. The van der Waals surface area contributed by atoms with Crippen LogP contribution in [0.3, 0.4) is 0 Å². The second-order valence-corrected chi connectivity index (χ2v) is 7.00. The summed E-state index contributed by atoms with van der Waals surface area (Å²) < 4.78 is 0. The highest BCUT2D eigenvalue weighted by atomic mass is 32.1. The number of thiophene rings is 1. The van der Waals surface area contributed by atoms with E-state index in [1.54, 1.807) is 0 Å². The van der Waals surface area contributed by atoms with Gasteiger partial charge in [-0.3, -0.25) is 0 Å². The van der Waals surface area contributed by atoms with Crippen LogP contribution in [0.25, 0.3) is 0 Å². The first-order chi connectivity index (χ1) is 9.37. The zero-order valence-electron chi connectivity index (χ0n) is 14.2. The van der Waals surface area contributed by atoms with Crippen molar-refractivity contribution in [1.82, 2.24) is 4.98 Å². The molecular weight excluding hydrogens is 286 g/mol. The number of aryl methyl sites for hydroxylation is 3. The Kier molecular flexibility index (Phi) is 16.1. The van der Waals surface area contributed by atoms with E-state index in [-0.39, 0.29) is 14.9 Å². The van der Waals surface area contributed by atoms with Gasteiger partial charge in [0.1, 0.15) is 0 Å². The third-order valence-electron chi connectivity index (χ3n) is 2.68. The standard InChI is InChI=1S/C10H16S.C6H9N.C2H6.2CH4/c1-10(2,3)7-6-9-5-4-8-11-9;1-5-3-4-6(2)7-5;1-2;;/h4-5,8H,6-7H2,1-3H3;3-4,7H,1-2H3;1-2H3;2*1H4. The molecule has 0 atom stereocenters. The summed E-state index contributed by atoms with van der Waals surface area (Å²) in [6.07, 6.45) is 2.52. The average Bonchev–Trinajstić information content (AvgIpc) is 3.01. The van der Waals surface area contributed by atoms with Crippen LogP contribution in [-0.4, -0.2) is 4.98 Å². The van der Waals surface area contributed by atoms with Crippen molar-refractivity contribution in [2.24, 2.45) is 5.41 Å². The molecule has 22 heavy (non-hydrogen) atoms. The minimum Gasteiger partial charge on any atom is -0.363 e. The summed E-state index contributed by atoms with van der Waals surface area (Å²) in [5, 5.41) is 2.15. The number of hydrogen-bond donors (Lipinski definition) is 1. The molecule has 0 radical (unpaired) electrons. The average molecular weight is 326 g/mol. The third kappa shape index (κ3) is 13.9. The molecule has 0 aliphatic carbocycles. The molecule has 0 saturated heterocycles. The van der Waals surface area contributed by atoms with Crippen molar-refractivity contribution in [1.29, 1.82) is 0 Å². The fourth-order valence-corrected chi connectivity index (χ4v) is 2.31. The lowest BCUT2D eigenvalue weighted by Gasteiger charge is -2.16. The Morgan fingerprint density at radius 3 is 1.73 bits per heavy atom. The molecule has 1 nitrogen and oxygen atoms in total. The van der Waals surface area contributed by atoms with Gasteiger partial charge in [0.05, 0.1) is 0 Å². The lowest BCUT2D eigenvalue weighted by Crippen LogP contribution is -2.05. The van der Waals surface area contributed by atoms with Crippen molar-refractivity contribution in [2.75, 3.05) is 0 Å². The molecule has 0 bridgehead atoms. The van der Waals surface area contributed by atoms with Crippen molar-refractivity contribution in [3.8, 4) is 0 Å². The first-order valence-corrected chi connectivity index (χ1v) is 8.39. The number of aromatic amines is 1. The Morgan fingerprint density at radius 2 is 1.45 bits per heavy atom. The summed E-state index contributed by atoms with van der Waals surface area (Å²) in [5.74, 6) is 0. The Morgan fingerprint density at radius 1 is 0.955 bits per heavy atom. The maximum Gasteiger partial charge on any atom is 0.0117 e. The number of nitrogens with one attached hydrogen (secondary N) is 1. The van der Waals surface area contributed by atoms with Gasteiger partial charge in [0, 0.05) is 16.3 Å². The fraction of sp³-hybridized carbons (Fsp3) is 0.600. The van der Waals surface area contributed by atoms with E-state index in [9.17, 15) is 0 Å². The zero-order chi connectivity index (χ0) is 15.6. The smallest absolute Gasteiger partial charge is 0.0117 e. The van der Waals surface area contributed by atoms with E-state index >= 15 is 0 Å². The van der Waals surface area contributed by atoms with Crippen LogP contribution in [0.15, 0.2) is 29.6 Å². The number of aromatic nitrogens is 1. The van der Waals surface area contributed by atoms with Gasteiger partial charge < -0.3 is 4.98 Å². The molecule has 2 rings (SSSR count). The summed E-state index contributed by atoms with van der Waals surface area (Å²) in [5.41, 5.74) is 2.94. The van der Waals surface area contributed by atoms with Gasteiger partial charge in [0.2, 0.25) is 0 Å². The van der Waals surface area contributed by atoms with Crippen molar-refractivity contribution < 1.29 is 0 Å². The Hall–Kier alpha value is -1.02. The van der Waals surface area contributed by atoms with E-state index in [1.165, 1.54) is 29.1 Å². The van der Waals surface area contributed by atoms with Crippen LogP contribution in [0.4, 0.5) is 0 Å². The second kappa shape index (κ2) is 13.6. The van der Waals surface area contributed by atoms with Gasteiger partial charge in [0.15, 0.2) is 0 Å². The van der Waals surface area contributed by atoms with Crippen LogP contribution >= 0.6 is 11.3 Å². The first kappa shape index (κ1) is 25.9. The minimum atomic E-state index is 0. The third-order valence-corrected chi connectivity index (χ3v) is 3.62. The largest absolute Gasteiger partial charge is 0.363 e. The maximum absolute atomic E-state index is 3.14. The van der Waals surface area contributed by atoms with E-state index in [0.29, 0.717) is 5.41 Å². The fourth-order valence-electron chi connectivity index (χ4n) is 1.60. The van der Waals surface area contributed by atoms with E-state index in [1.807, 2.05) is 39.0 Å². The molecule has 0 spiro atoms.